The van der Waals surface area contributed by atoms with Gasteiger partial charge < -0.3 is 10.2 Å². The Hall–Kier alpha value is -1.03. The van der Waals surface area contributed by atoms with Crippen LogP contribution >= 0.6 is 11.6 Å². The molecule has 114 valence electrons. The Kier molecular flexibility index (Phi) is 5.63. The van der Waals surface area contributed by atoms with Gasteiger partial charge in [-0.15, -0.1) is 0 Å². The molecular weight excluding hydrogens is 276 g/mol. The monoisotopic (exact) mass is 300 g/mol. The van der Waals surface area contributed by atoms with E-state index in [1.807, 2.05) is 34.6 Å². The molecule has 0 aromatic rings. The first kappa shape index (κ1) is 17.0. The summed E-state index contributed by atoms with van der Waals surface area (Å²) in [6, 6.07) is -0.426. The third-order valence-corrected chi connectivity index (χ3v) is 4.32. The van der Waals surface area contributed by atoms with Crippen LogP contribution in [0.1, 0.15) is 47.5 Å². The van der Waals surface area contributed by atoms with Crippen molar-refractivity contribution in [2.75, 3.05) is 6.54 Å². The normalized spacial score (nSPS) is 28.1. The van der Waals surface area contributed by atoms with Crippen LogP contribution in [0.25, 0.3) is 0 Å². The van der Waals surface area contributed by atoms with Gasteiger partial charge in [0.2, 0.25) is 11.8 Å². The summed E-state index contributed by atoms with van der Waals surface area (Å²) < 4.78 is 0. The SMILES string of the molecule is CCC1(C)C(=O)NC(CC(C)C)C(=O)N1CC(C)=CCl. The van der Waals surface area contributed by atoms with Crippen LogP contribution in [0.2, 0.25) is 0 Å². The van der Waals surface area contributed by atoms with Crippen LogP contribution in [0, 0.1) is 5.92 Å². The van der Waals surface area contributed by atoms with Gasteiger partial charge in [-0.2, -0.15) is 0 Å². The van der Waals surface area contributed by atoms with Gasteiger partial charge in [-0.3, -0.25) is 9.59 Å². The average Bonchev–Trinajstić information content (AvgIpc) is 2.40. The molecule has 0 aromatic heterocycles. The molecule has 0 radical (unpaired) electrons. The highest BCUT2D eigenvalue weighted by atomic mass is 35.5. The summed E-state index contributed by atoms with van der Waals surface area (Å²) in [5, 5.41) is 2.88. The van der Waals surface area contributed by atoms with Crippen LogP contribution in [0.3, 0.4) is 0 Å². The third kappa shape index (κ3) is 3.35. The zero-order valence-electron chi connectivity index (χ0n) is 13.0. The van der Waals surface area contributed by atoms with Crippen molar-refractivity contribution >= 4 is 23.4 Å². The fourth-order valence-electron chi connectivity index (χ4n) is 2.45. The molecule has 2 amide bonds. The van der Waals surface area contributed by atoms with Gasteiger partial charge in [-0.1, -0.05) is 32.4 Å². The van der Waals surface area contributed by atoms with Crippen LogP contribution < -0.4 is 5.32 Å². The van der Waals surface area contributed by atoms with Crippen molar-refractivity contribution in [2.24, 2.45) is 5.92 Å². The van der Waals surface area contributed by atoms with Gasteiger partial charge in [0.25, 0.3) is 0 Å². The molecule has 1 aliphatic heterocycles. The Morgan fingerprint density at radius 3 is 2.55 bits per heavy atom. The van der Waals surface area contributed by atoms with Crippen LogP contribution in [0.4, 0.5) is 0 Å². The molecule has 2 atom stereocenters. The molecule has 0 aliphatic carbocycles. The maximum absolute atomic E-state index is 12.7. The maximum atomic E-state index is 12.7. The number of carbonyl (C=O) groups excluding carboxylic acids is 2. The van der Waals surface area contributed by atoms with E-state index in [0.29, 0.717) is 25.3 Å². The lowest BCUT2D eigenvalue weighted by atomic mass is 9.88. The van der Waals surface area contributed by atoms with Gasteiger partial charge in [0.05, 0.1) is 0 Å². The molecule has 5 heteroatoms. The smallest absolute Gasteiger partial charge is 0.246 e. The van der Waals surface area contributed by atoms with Crippen molar-refractivity contribution in [3.05, 3.63) is 11.1 Å². The lowest BCUT2D eigenvalue weighted by molar-refractivity contribution is -0.156. The van der Waals surface area contributed by atoms with Crippen molar-refractivity contribution in [3.63, 3.8) is 0 Å². The molecule has 0 saturated carbocycles. The van der Waals surface area contributed by atoms with Gasteiger partial charge in [-0.25, -0.2) is 0 Å². The third-order valence-electron chi connectivity index (χ3n) is 3.94. The Labute approximate surface area is 126 Å². The number of nitrogens with one attached hydrogen (secondary N) is 1. The summed E-state index contributed by atoms with van der Waals surface area (Å²) in [4.78, 5) is 26.8. The Bertz CT molecular complexity index is 420. The molecule has 20 heavy (non-hydrogen) atoms. The van der Waals surface area contributed by atoms with Gasteiger partial charge in [-0.05, 0) is 38.2 Å². The Morgan fingerprint density at radius 2 is 2.10 bits per heavy atom. The van der Waals surface area contributed by atoms with Crippen molar-refractivity contribution in [2.45, 2.75) is 59.0 Å². The predicted molar refractivity (Wildman–Crippen MR) is 81.4 cm³/mol. The minimum Gasteiger partial charge on any atom is -0.342 e. The number of hydrogen-bond donors (Lipinski definition) is 1. The van der Waals surface area contributed by atoms with E-state index < -0.39 is 11.6 Å². The minimum absolute atomic E-state index is 0.0134. The van der Waals surface area contributed by atoms with E-state index in [4.69, 9.17) is 11.6 Å². The van der Waals surface area contributed by atoms with Crippen molar-refractivity contribution in [1.29, 1.82) is 0 Å². The molecule has 0 spiro atoms. The summed E-state index contributed by atoms with van der Waals surface area (Å²) in [7, 11) is 0. The lowest BCUT2D eigenvalue weighted by Gasteiger charge is -2.46. The topological polar surface area (TPSA) is 49.4 Å². The maximum Gasteiger partial charge on any atom is 0.246 e. The molecule has 2 unspecified atom stereocenters. The number of rotatable bonds is 5. The van der Waals surface area contributed by atoms with Gasteiger partial charge >= 0.3 is 0 Å². The van der Waals surface area contributed by atoms with E-state index in [-0.39, 0.29) is 11.8 Å². The van der Waals surface area contributed by atoms with Gasteiger partial charge in [0.15, 0.2) is 0 Å². The van der Waals surface area contributed by atoms with Gasteiger partial charge in [0, 0.05) is 12.1 Å². The number of carbonyl (C=O) groups is 2. The zero-order valence-corrected chi connectivity index (χ0v) is 13.8. The summed E-state index contributed by atoms with van der Waals surface area (Å²) >= 11 is 5.71. The average molecular weight is 301 g/mol. The second-order valence-electron chi connectivity index (χ2n) is 6.16. The first-order valence-electron chi connectivity index (χ1n) is 7.14. The zero-order chi connectivity index (χ0) is 15.5. The van der Waals surface area contributed by atoms with E-state index in [1.54, 1.807) is 4.90 Å². The van der Waals surface area contributed by atoms with Crippen LogP contribution in [-0.4, -0.2) is 34.8 Å². The molecule has 1 saturated heterocycles. The van der Waals surface area contributed by atoms with Crippen LogP contribution in [0.5, 0.6) is 0 Å². The van der Waals surface area contributed by atoms with E-state index >= 15 is 0 Å². The second kappa shape index (κ2) is 6.61. The van der Waals surface area contributed by atoms with Crippen molar-refractivity contribution < 1.29 is 9.59 Å². The van der Waals surface area contributed by atoms with Crippen LogP contribution in [0.15, 0.2) is 11.1 Å². The quantitative estimate of drug-likeness (QED) is 0.848. The van der Waals surface area contributed by atoms with Gasteiger partial charge in [0.1, 0.15) is 11.6 Å². The largest absolute Gasteiger partial charge is 0.342 e. The molecule has 0 aromatic carbocycles. The molecule has 1 N–H and O–H groups in total. The second-order valence-corrected chi connectivity index (χ2v) is 6.38. The first-order valence-corrected chi connectivity index (χ1v) is 7.58. The minimum atomic E-state index is -0.800. The Balaban J connectivity index is 3.08. The molecule has 0 bridgehead atoms. The number of halogens is 1. The number of hydrogen-bond acceptors (Lipinski definition) is 2. The first-order chi connectivity index (χ1) is 9.26. The molecular formula is C15H25ClN2O2. The summed E-state index contributed by atoms with van der Waals surface area (Å²) in [6.07, 6.45) is 1.24. The van der Waals surface area contributed by atoms with Crippen molar-refractivity contribution in [1.82, 2.24) is 10.2 Å². The molecule has 1 rings (SSSR count). The lowest BCUT2D eigenvalue weighted by Crippen LogP contribution is -2.69. The summed E-state index contributed by atoms with van der Waals surface area (Å²) in [6.45, 7) is 10.1. The summed E-state index contributed by atoms with van der Waals surface area (Å²) in [5.41, 5.74) is 1.54. The van der Waals surface area contributed by atoms with E-state index in [9.17, 15) is 9.59 Å². The van der Waals surface area contributed by atoms with Crippen molar-refractivity contribution in [3.8, 4) is 0 Å². The number of nitrogens with zero attached hydrogens (tertiary/aromatic N) is 1. The fourth-order valence-corrected chi connectivity index (χ4v) is 2.52. The van der Waals surface area contributed by atoms with E-state index in [0.717, 1.165) is 5.57 Å². The highest BCUT2D eigenvalue weighted by Gasteiger charge is 2.48. The number of amides is 2. The Morgan fingerprint density at radius 1 is 1.50 bits per heavy atom. The molecule has 1 fully saturated rings. The summed E-state index contributed by atoms with van der Waals surface area (Å²) in [5.74, 6) is 0.259. The highest BCUT2D eigenvalue weighted by molar-refractivity contribution is 6.25. The van der Waals surface area contributed by atoms with E-state index in [1.165, 1.54) is 5.54 Å². The fraction of sp³-hybridized carbons (Fsp3) is 0.733. The predicted octanol–water partition coefficient (Wildman–Crippen LogP) is 2.67. The van der Waals surface area contributed by atoms with E-state index in [2.05, 4.69) is 5.32 Å². The molecule has 4 nitrogen and oxygen atoms in total. The van der Waals surface area contributed by atoms with Crippen LogP contribution in [-0.2, 0) is 9.59 Å². The number of piperazine rings is 1. The molecule has 1 aliphatic rings. The standard InChI is InChI=1S/C15H25ClN2O2/c1-6-15(5)14(20)17-12(7-10(2)3)13(19)18(15)9-11(4)8-16/h8,10,12H,6-7,9H2,1-5H3,(H,17,20). The highest BCUT2D eigenvalue weighted by Crippen LogP contribution is 2.27. The molecule has 1 heterocycles.